The van der Waals surface area contributed by atoms with Crippen LogP contribution in [0.5, 0.6) is 0 Å². The summed E-state index contributed by atoms with van der Waals surface area (Å²) >= 11 is 0. The fourth-order valence-corrected chi connectivity index (χ4v) is 3.16. The second-order valence-electron chi connectivity index (χ2n) is 5.46. The van der Waals surface area contributed by atoms with E-state index in [0.29, 0.717) is 5.56 Å². The van der Waals surface area contributed by atoms with Crippen LogP contribution in [0.15, 0.2) is 84.9 Å². The third-order valence-corrected chi connectivity index (χ3v) is 4.20. The van der Waals surface area contributed by atoms with E-state index < -0.39 is 17.5 Å². The maximum Gasteiger partial charge on any atom is 0.127 e. The van der Waals surface area contributed by atoms with Crippen LogP contribution >= 0.6 is 0 Å². The Bertz CT molecular complexity index is 732. The highest BCUT2D eigenvalue weighted by Crippen LogP contribution is 2.41. The molecule has 0 fully saturated rings. The lowest BCUT2D eigenvalue weighted by molar-refractivity contribution is 0.126. The van der Waals surface area contributed by atoms with Gasteiger partial charge in [-0.15, -0.1) is 0 Å². The van der Waals surface area contributed by atoms with Gasteiger partial charge in [0.05, 0.1) is 5.41 Å². The Labute approximate surface area is 135 Å². The van der Waals surface area contributed by atoms with E-state index in [9.17, 15) is 9.50 Å². The number of hydrogen-bond acceptors (Lipinski definition) is 2. The first-order valence-corrected chi connectivity index (χ1v) is 7.47. The number of aliphatic hydroxyl groups excluding tert-OH is 1. The van der Waals surface area contributed by atoms with Gasteiger partial charge in [0.25, 0.3) is 0 Å². The Balaban J connectivity index is 2.39. The lowest BCUT2D eigenvalue weighted by Crippen LogP contribution is -2.47. The van der Waals surface area contributed by atoms with Gasteiger partial charge in [0.2, 0.25) is 0 Å². The summed E-state index contributed by atoms with van der Waals surface area (Å²) in [6.45, 7) is 0. The van der Waals surface area contributed by atoms with Crippen LogP contribution in [0.4, 0.5) is 4.39 Å². The summed E-state index contributed by atoms with van der Waals surface area (Å²) in [5, 5.41) is 10.6. The predicted molar refractivity (Wildman–Crippen MR) is 89.4 cm³/mol. The van der Waals surface area contributed by atoms with E-state index >= 15 is 0 Å². The van der Waals surface area contributed by atoms with E-state index in [0.717, 1.165) is 11.1 Å². The summed E-state index contributed by atoms with van der Waals surface area (Å²) in [7, 11) is 0. The number of halogens is 1. The number of benzene rings is 3. The third kappa shape index (κ3) is 2.54. The van der Waals surface area contributed by atoms with Gasteiger partial charge in [0.1, 0.15) is 12.0 Å². The Morgan fingerprint density at radius 3 is 1.61 bits per heavy atom. The molecule has 0 radical (unpaired) electrons. The zero-order valence-corrected chi connectivity index (χ0v) is 12.6. The fourth-order valence-electron chi connectivity index (χ4n) is 3.16. The molecule has 3 heteroatoms. The maximum atomic E-state index is 14.6. The second kappa shape index (κ2) is 6.32. The molecule has 1 atom stereocenters. The molecule has 0 aliphatic rings. The Hall–Kier alpha value is -2.49. The summed E-state index contributed by atoms with van der Waals surface area (Å²) in [5.41, 5.74) is 6.69. The van der Waals surface area contributed by atoms with Crippen LogP contribution in [0.1, 0.15) is 16.7 Å². The summed E-state index contributed by atoms with van der Waals surface area (Å²) in [6.07, 6.45) is -1.30. The van der Waals surface area contributed by atoms with E-state index in [2.05, 4.69) is 0 Å². The zero-order chi connectivity index (χ0) is 16.3. The standard InChI is InChI=1S/C20H18FNO/c21-18-14-8-7-13-17(18)20(19(22)23,15-9-3-1-4-10-15)16-11-5-2-6-12-16/h1-14,19,23H,22H2. The molecule has 0 amide bonds. The van der Waals surface area contributed by atoms with Gasteiger partial charge < -0.3 is 10.8 Å². The van der Waals surface area contributed by atoms with Crippen molar-refractivity contribution >= 4 is 0 Å². The number of nitrogens with two attached hydrogens (primary N) is 1. The van der Waals surface area contributed by atoms with Crippen molar-refractivity contribution in [1.82, 2.24) is 0 Å². The van der Waals surface area contributed by atoms with E-state index in [-0.39, 0.29) is 0 Å². The Kier molecular flexibility index (Phi) is 4.24. The molecule has 3 aromatic rings. The molecule has 116 valence electrons. The third-order valence-electron chi connectivity index (χ3n) is 4.20. The molecule has 1 unspecified atom stereocenters. The van der Waals surface area contributed by atoms with Crippen molar-refractivity contribution in [3.8, 4) is 0 Å². The number of rotatable bonds is 4. The molecule has 23 heavy (non-hydrogen) atoms. The van der Waals surface area contributed by atoms with Crippen LogP contribution in [0, 0.1) is 5.82 Å². The SMILES string of the molecule is NC(O)C(c1ccccc1)(c1ccccc1)c1ccccc1F. The van der Waals surface area contributed by atoms with E-state index in [1.165, 1.54) is 6.07 Å². The highest BCUT2D eigenvalue weighted by molar-refractivity contribution is 5.52. The first-order chi connectivity index (χ1) is 11.2. The molecule has 3 rings (SSSR count). The van der Waals surface area contributed by atoms with Crippen molar-refractivity contribution in [1.29, 1.82) is 0 Å². The molecule has 0 aromatic heterocycles. The molecule has 0 aliphatic heterocycles. The van der Waals surface area contributed by atoms with E-state index in [1.807, 2.05) is 60.7 Å². The van der Waals surface area contributed by atoms with Crippen LogP contribution in [-0.2, 0) is 5.41 Å². The summed E-state index contributed by atoms with van der Waals surface area (Å²) in [5.74, 6) is -0.398. The van der Waals surface area contributed by atoms with Crippen molar-refractivity contribution in [2.45, 2.75) is 11.6 Å². The number of aliphatic hydroxyl groups is 1. The molecular weight excluding hydrogens is 289 g/mol. The van der Waals surface area contributed by atoms with Crippen molar-refractivity contribution in [3.05, 3.63) is 107 Å². The van der Waals surface area contributed by atoms with Gasteiger partial charge in [-0.1, -0.05) is 78.9 Å². The monoisotopic (exact) mass is 307 g/mol. The normalized spacial score (nSPS) is 12.8. The lowest BCUT2D eigenvalue weighted by Gasteiger charge is -2.38. The van der Waals surface area contributed by atoms with Crippen LogP contribution in [0.25, 0.3) is 0 Å². The fraction of sp³-hybridized carbons (Fsp3) is 0.100. The second-order valence-corrected chi connectivity index (χ2v) is 5.46. The molecular formula is C20H18FNO. The van der Waals surface area contributed by atoms with Crippen LogP contribution < -0.4 is 5.73 Å². The van der Waals surface area contributed by atoms with Gasteiger partial charge in [-0.05, 0) is 17.2 Å². The zero-order valence-electron chi connectivity index (χ0n) is 12.6. The Morgan fingerprint density at radius 1 is 0.739 bits per heavy atom. The molecule has 2 nitrogen and oxygen atoms in total. The van der Waals surface area contributed by atoms with Crippen LogP contribution in [0.2, 0.25) is 0 Å². The quantitative estimate of drug-likeness (QED) is 0.573. The summed E-state index contributed by atoms with van der Waals surface area (Å²) in [4.78, 5) is 0. The van der Waals surface area contributed by atoms with Gasteiger partial charge in [-0.25, -0.2) is 4.39 Å². The van der Waals surface area contributed by atoms with Gasteiger partial charge in [0, 0.05) is 5.56 Å². The summed E-state index contributed by atoms with van der Waals surface area (Å²) < 4.78 is 14.6. The molecule has 0 saturated carbocycles. The van der Waals surface area contributed by atoms with Gasteiger partial charge in [-0.2, -0.15) is 0 Å². The minimum absolute atomic E-state index is 0.354. The molecule has 0 saturated heterocycles. The molecule has 0 heterocycles. The topological polar surface area (TPSA) is 46.2 Å². The number of hydrogen-bond donors (Lipinski definition) is 2. The first-order valence-electron chi connectivity index (χ1n) is 7.47. The van der Waals surface area contributed by atoms with Crippen molar-refractivity contribution < 1.29 is 9.50 Å². The smallest absolute Gasteiger partial charge is 0.127 e. The van der Waals surface area contributed by atoms with E-state index in [4.69, 9.17) is 5.73 Å². The highest BCUT2D eigenvalue weighted by Gasteiger charge is 2.43. The average Bonchev–Trinajstić information content (AvgIpc) is 2.59. The molecule has 0 aliphatic carbocycles. The van der Waals surface area contributed by atoms with Crippen LogP contribution in [0.3, 0.4) is 0 Å². The average molecular weight is 307 g/mol. The van der Waals surface area contributed by atoms with Crippen LogP contribution in [-0.4, -0.2) is 11.3 Å². The molecule has 3 aromatic carbocycles. The molecule has 0 spiro atoms. The Morgan fingerprint density at radius 2 is 1.17 bits per heavy atom. The summed E-state index contributed by atoms with van der Waals surface area (Å²) in [6, 6.07) is 25.1. The minimum atomic E-state index is -1.30. The lowest BCUT2D eigenvalue weighted by atomic mass is 9.68. The van der Waals surface area contributed by atoms with Gasteiger partial charge >= 0.3 is 0 Å². The van der Waals surface area contributed by atoms with Crippen molar-refractivity contribution in [2.24, 2.45) is 5.73 Å². The first kappa shape index (κ1) is 15.4. The van der Waals surface area contributed by atoms with Gasteiger partial charge in [0.15, 0.2) is 0 Å². The largest absolute Gasteiger partial charge is 0.377 e. The highest BCUT2D eigenvalue weighted by atomic mass is 19.1. The van der Waals surface area contributed by atoms with E-state index in [1.54, 1.807) is 18.2 Å². The minimum Gasteiger partial charge on any atom is -0.377 e. The molecule has 0 bridgehead atoms. The molecule has 3 N–H and O–H groups in total. The maximum absolute atomic E-state index is 14.6. The predicted octanol–water partition coefficient (Wildman–Crippen LogP) is 3.44. The van der Waals surface area contributed by atoms with Crippen molar-refractivity contribution in [3.63, 3.8) is 0 Å². The van der Waals surface area contributed by atoms with Crippen molar-refractivity contribution in [2.75, 3.05) is 0 Å². The van der Waals surface area contributed by atoms with Gasteiger partial charge in [-0.3, -0.25) is 0 Å².